The van der Waals surface area contributed by atoms with Gasteiger partial charge in [-0.2, -0.15) is 0 Å². The minimum atomic E-state index is -2.56. The number of aryl methyl sites for hydroxylation is 1. The number of carboxylic acids is 2. The molecule has 8 nitrogen and oxygen atoms in total. The van der Waals surface area contributed by atoms with Gasteiger partial charge in [0.05, 0.1) is 4.88 Å². The first-order valence-electron chi connectivity index (χ1n) is 11.8. The van der Waals surface area contributed by atoms with Gasteiger partial charge in [0.15, 0.2) is 0 Å². The predicted octanol–water partition coefficient (Wildman–Crippen LogP) is 3.70. The molecular formula is C24H32F2N2O6S. The van der Waals surface area contributed by atoms with E-state index < -0.39 is 17.9 Å². The molecule has 11 heteroatoms. The van der Waals surface area contributed by atoms with Crippen LogP contribution in [0.5, 0.6) is 0 Å². The fourth-order valence-corrected chi connectivity index (χ4v) is 5.45. The molecular weight excluding hydrogens is 482 g/mol. The molecule has 35 heavy (non-hydrogen) atoms. The van der Waals surface area contributed by atoms with Gasteiger partial charge in [-0.25, -0.2) is 18.4 Å². The van der Waals surface area contributed by atoms with Crippen LogP contribution in [0.1, 0.15) is 71.0 Å². The molecule has 4 rings (SSSR count). The maximum absolute atomic E-state index is 13.3. The number of amides is 1. The Hall–Kier alpha value is -2.37. The molecule has 194 valence electrons. The van der Waals surface area contributed by atoms with Gasteiger partial charge < -0.3 is 25.6 Å². The van der Waals surface area contributed by atoms with Crippen molar-refractivity contribution in [1.82, 2.24) is 10.6 Å². The third-order valence-electron chi connectivity index (χ3n) is 6.46. The Morgan fingerprint density at radius 2 is 1.66 bits per heavy atom. The Labute approximate surface area is 206 Å². The molecule has 2 saturated carbocycles. The van der Waals surface area contributed by atoms with E-state index in [-0.39, 0.29) is 24.8 Å². The van der Waals surface area contributed by atoms with Gasteiger partial charge in [0.1, 0.15) is 0 Å². The van der Waals surface area contributed by atoms with Crippen molar-refractivity contribution < 1.29 is 38.1 Å². The molecule has 3 aliphatic rings. The number of aliphatic carboxylic acids is 2. The van der Waals surface area contributed by atoms with Crippen molar-refractivity contribution in [3.8, 4) is 0 Å². The van der Waals surface area contributed by atoms with Crippen LogP contribution in [0, 0.1) is 6.92 Å². The molecule has 1 aromatic heterocycles. The minimum Gasteiger partial charge on any atom is -0.478 e. The molecule has 3 fully saturated rings. The molecule has 4 N–H and O–H groups in total. The summed E-state index contributed by atoms with van der Waals surface area (Å²) in [5, 5.41) is 22.3. The summed E-state index contributed by atoms with van der Waals surface area (Å²) in [6.45, 7) is 3.75. The van der Waals surface area contributed by atoms with Gasteiger partial charge in [-0.05, 0) is 50.7 Å². The maximum Gasteiger partial charge on any atom is 0.328 e. The highest BCUT2D eigenvalue weighted by atomic mass is 32.1. The first-order chi connectivity index (χ1) is 16.5. The van der Waals surface area contributed by atoms with Crippen molar-refractivity contribution in [3.05, 3.63) is 33.5 Å². The zero-order valence-electron chi connectivity index (χ0n) is 19.6. The number of alkyl halides is 2. The van der Waals surface area contributed by atoms with Crippen LogP contribution < -0.4 is 10.6 Å². The standard InChI is InChI=1S/C20H28F2N2O2S.C4H4O4/c1-12-15(16-10-17(16)23-14-4-8-26-9-5-14)11-18(27-12)19(25)24-13-2-6-20(21,22)7-3-13;5-3(6)1-2-4(7)8/h11,13-14,16-17,23H,2-10H2,1H3,(H,24,25);1-2H,(H,5,6)(H,7,8)/b;2-1+/t16-,17+;/m0./s1. The van der Waals surface area contributed by atoms with Gasteiger partial charge in [-0.15, -0.1) is 11.3 Å². The van der Waals surface area contributed by atoms with Gasteiger partial charge >= 0.3 is 11.9 Å². The molecule has 1 aromatic rings. The van der Waals surface area contributed by atoms with E-state index in [0.29, 0.717) is 47.9 Å². The molecule has 2 aliphatic carbocycles. The van der Waals surface area contributed by atoms with Crippen LogP contribution in [0.2, 0.25) is 0 Å². The van der Waals surface area contributed by atoms with Gasteiger partial charge in [-0.1, -0.05) is 0 Å². The van der Waals surface area contributed by atoms with Crippen molar-refractivity contribution in [2.45, 2.75) is 81.8 Å². The second-order valence-electron chi connectivity index (χ2n) is 9.24. The normalized spacial score (nSPS) is 24.4. The molecule has 0 spiro atoms. The first-order valence-corrected chi connectivity index (χ1v) is 12.6. The van der Waals surface area contributed by atoms with Crippen LogP contribution in [0.4, 0.5) is 8.78 Å². The number of carbonyl (C=O) groups excluding carboxylic acids is 1. The number of ether oxygens (including phenoxy) is 1. The van der Waals surface area contributed by atoms with Crippen molar-refractivity contribution in [3.63, 3.8) is 0 Å². The maximum atomic E-state index is 13.3. The molecule has 0 radical (unpaired) electrons. The Bertz CT molecular complexity index is 918. The van der Waals surface area contributed by atoms with Crippen LogP contribution in [-0.2, 0) is 14.3 Å². The van der Waals surface area contributed by atoms with Crippen LogP contribution in [0.3, 0.4) is 0 Å². The summed E-state index contributed by atoms with van der Waals surface area (Å²) in [6, 6.07) is 2.92. The van der Waals surface area contributed by atoms with E-state index in [0.717, 1.165) is 32.5 Å². The monoisotopic (exact) mass is 514 g/mol. The molecule has 1 aliphatic heterocycles. The minimum absolute atomic E-state index is 0.112. The number of thiophene rings is 1. The third kappa shape index (κ3) is 8.66. The Morgan fingerprint density at radius 1 is 1.06 bits per heavy atom. The van der Waals surface area contributed by atoms with E-state index in [2.05, 4.69) is 17.6 Å². The van der Waals surface area contributed by atoms with Gasteiger partial charge in [-0.3, -0.25) is 4.79 Å². The van der Waals surface area contributed by atoms with E-state index in [9.17, 15) is 23.2 Å². The van der Waals surface area contributed by atoms with E-state index in [1.807, 2.05) is 6.07 Å². The average molecular weight is 515 g/mol. The number of carbonyl (C=O) groups is 3. The fraction of sp³-hybridized carbons (Fsp3) is 0.625. The third-order valence-corrected chi connectivity index (χ3v) is 7.53. The highest BCUT2D eigenvalue weighted by Gasteiger charge is 2.41. The van der Waals surface area contributed by atoms with Gasteiger partial charge in [0, 0.05) is 67.1 Å². The number of nitrogens with one attached hydrogen (secondary N) is 2. The Morgan fingerprint density at radius 3 is 2.23 bits per heavy atom. The second kappa shape index (κ2) is 12.0. The van der Waals surface area contributed by atoms with Crippen molar-refractivity contribution in [1.29, 1.82) is 0 Å². The number of hydrogen-bond donors (Lipinski definition) is 4. The quantitative estimate of drug-likeness (QED) is 0.409. The number of carboxylic acid groups (broad SMARTS) is 2. The summed E-state index contributed by atoms with van der Waals surface area (Å²) >= 11 is 1.52. The highest BCUT2D eigenvalue weighted by molar-refractivity contribution is 7.14. The topological polar surface area (TPSA) is 125 Å². The SMILES string of the molecule is Cc1sc(C(=O)NC2CCC(F)(F)CC2)cc1[C@@H]1C[C@H]1NC1CCOCC1.O=C(O)/C=C/C(=O)O. The van der Waals surface area contributed by atoms with E-state index in [1.165, 1.54) is 21.8 Å². The zero-order valence-corrected chi connectivity index (χ0v) is 20.4. The summed E-state index contributed by atoms with van der Waals surface area (Å²) in [4.78, 5) is 33.6. The lowest BCUT2D eigenvalue weighted by Gasteiger charge is -2.28. The van der Waals surface area contributed by atoms with Crippen LogP contribution in [-0.4, -0.2) is 65.3 Å². The van der Waals surface area contributed by atoms with Crippen LogP contribution in [0.15, 0.2) is 18.2 Å². The molecule has 0 bridgehead atoms. The summed E-state index contributed by atoms with van der Waals surface area (Å²) in [5.74, 6) is -4.70. The van der Waals surface area contributed by atoms with Gasteiger partial charge in [0.25, 0.3) is 5.91 Å². The molecule has 2 heterocycles. The first kappa shape index (κ1) is 27.2. The smallest absolute Gasteiger partial charge is 0.328 e. The molecule has 0 unspecified atom stereocenters. The number of rotatable bonds is 7. The molecule has 1 saturated heterocycles. The lowest BCUT2D eigenvalue weighted by atomic mass is 9.92. The summed E-state index contributed by atoms with van der Waals surface area (Å²) < 4.78 is 32.0. The summed E-state index contributed by atoms with van der Waals surface area (Å²) in [7, 11) is 0. The summed E-state index contributed by atoms with van der Waals surface area (Å²) in [6.07, 6.45) is 4.83. The Kier molecular flexibility index (Phi) is 9.37. The average Bonchev–Trinajstić information content (AvgIpc) is 3.44. The van der Waals surface area contributed by atoms with E-state index in [4.69, 9.17) is 14.9 Å². The lowest BCUT2D eigenvalue weighted by molar-refractivity contribution is -0.134. The second-order valence-corrected chi connectivity index (χ2v) is 10.5. The van der Waals surface area contributed by atoms with Gasteiger partial charge in [0.2, 0.25) is 5.92 Å². The molecule has 0 aromatic carbocycles. The van der Waals surface area contributed by atoms with E-state index >= 15 is 0 Å². The predicted molar refractivity (Wildman–Crippen MR) is 126 cm³/mol. The Balaban J connectivity index is 0.000000371. The van der Waals surface area contributed by atoms with Crippen LogP contribution in [0.25, 0.3) is 0 Å². The number of hydrogen-bond acceptors (Lipinski definition) is 6. The van der Waals surface area contributed by atoms with Crippen LogP contribution >= 0.6 is 11.3 Å². The van der Waals surface area contributed by atoms with E-state index in [1.54, 1.807) is 0 Å². The largest absolute Gasteiger partial charge is 0.478 e. The molecule has 2 atom stereocenters. The van der Waals surface area contributed by atoms with Crippen molar-refractivity contribution >= 4 is 29.2 Å². The summed E-state index contributed by atoms with van der Waals surface area (Å²) in [5.41, 5.74) is 1.27. The van der Waals surface area contributed by atoms with Crippen molar-refractivity contribution in [2.24, 2.45) is 0 Å². The number of halogens is 2. The zero-order chi connectivity index (χ0) is 25.6. The van der Waals surface area contributed by atoms with Crippen molar-refractivity contribution in [2.75, 3.05) is 13.2 Å². The molecule has 1 amide bonds. The highest BCUT2D eigenvalue weighted by Crippen LogP contribution is 2.45. The fourth-order valence-electron chi connectivity index (χ4n) is 4.45. The lowest BCUT2D eigenvalue weighted by Crippen LogP contribution is -2.40.